The van der Waals surface area contributed by atoms with Crippen molar-refractivity contribution in [3.63, 3.8) is 0 Å². The fourth-order valence-electron chi connectivity index (χ4n) is 5.75. The summed E-state index contributed by atoms with van der Waals surface area (Å²) in [6.45, 7) is -0.125. The molecule has 7 rings (SSSR count). The van der Waals surface area contributed by atoms with E-state index in [9.17, 15) is 32.3 Å². The van der Waals surface area contributed by atoms with Gasteiger partial charge in [-0.2, -0.15) is 13.2 Å². The second-order valence-electron chi connectivity index (χ2n) is 12.5. The minimum atomic E-state index is -5.37. The molecule has 4 heterocycles. The van der Waals surface area contributed by atoms with Crippen molar-refractivity contribution < 1.29 is 46.1 Å². The second kappa shape index (κ2) is 12.4. The van der Waals surface area contributed by atoms with E-state index >= 15 is 0 Å². The van der Waals surface area contributed by atoms with E-state index in [0.717, 1.165) is 31.0 Å². The molecule has 14 heteroatoms. The fraction of sp³-hybridized carbons (Fsp3) is 0.278. The molecule has 0 unspecified atom stereocenters. The minimum Gasteiger partial charge on any atom is -0.489 e. The van der Waals surface area contributed by atoms with Crippen LogP contribution in [0.15, 0.2) is 83.6 Å². The number of benzene rings is 2. The standard InChI is InChI=1S/C36H30F4N4O6/c1-34(33(46)42-17-25-5-3-13-48-25)19-49-31-26(34)16-28(44-30(31)20-6-8-23(37)9-7-20)35(47,36(38,39)40)18-43-32(45)22-14-21-4-2-12-41-29(21)27(15-22)50-24-10-11-24/h2-9,12-16,24,47H,10-11,17-19H2,1H3,(H,42,46)(H,43,45)/t34-,35-/m0/s1. The summed E-state index contributed by atoms with van der Waals surface area (Å²) in [4.78, 5) is 35.5. The lowest BCUT2D eigenvalue weighted by Gasteiger charge is -2.31. The Hall–Kier alpha value is -5.50. The van der Waals surface area contributed by atoms with Crippen LogP contribution in [0, 0.1) is 5.82 Å². The van der Waals surface area contributed by atoms with Crippen LogP contribution >= 0.6 is 0 Å². The van der Waals surface area contributed by atoms with Gasteiger partial charge in [0, 0.05) is 28.3 Å². The molecule has 5 aromatic rings. The predicted molar refractivity (Wildman–Crippen MR) is 171 cm³/mol. The average molecular weight is 691 g/mol. The van der Waals surface area contributed by atoms with Gasteiger partial charge in [-0.1, -0.05) is 6.07 Å². The Bertz CT molecular complexity index is 2090. The molecule has 0 spiro atoms. The minimum absolute atomic E-state index is 0.00229. The largest absolute Gasteiger partial charge is 0.489 e. The Morgan fingerprint density at radius 3 is 2.54 bits per heavy atom. The smallest absolute Gasteiger partial charge is 0.424 e. The first-order valence-electron chi connectivity index (χ1n) is 15.7. The number of amides is 2. The maximum absolute atomic E-state index is 15.0. The van der Waals surface area contributed by atoms with Crippen molar-refractivity contribution in [3.8, 4) is 22.8 Å². The molecule has 1 aliphatic carbocycles. The number of hydrogen-bond acceptors (Lipinski definition) is 8. The zero-order valence-corrected chi connectivity index (χ0v) is 26.5. The van der Waals surface area contributed by atoms with E-state index in [2.05, 4.69) is 20.6 Å². The van der Waals surface area contributed by atoms with E-state index < -0.39 is 47.1 Å². The van der Waals surface area contributed by atoms with E-state index in [1.54, 1.807) is 30.5 Å². The van der Waals surface area contributed by atoms with E-state index in [1.165, 1.54) is 37.5 Å². The Morgan fingerprint density at radius 2 is 1.84 bits per heavy atom. The maximum Gasteiger partial charge on any atom is 0.424 e. The summed E-state index contributed by atoms with van der Waals surface area (Å²) >= 11 is 0. The van der Waals surface area contributed by atoms with Gasteiger partial charge in [-0.15, -0.1) is 0 Å². The summed E-state index contributed by atoms with van der Waals surface area (Å²) < 4.78 is 75.9. The molecule has 2 aliphatic rings. The van der Waals surface area contributed by atoms with Gasteiger partial charge < -0.3 is 29.6 Å². The van der Waals surface area contributed by atoms with Crippen molar-refractivity contribution in [2.24, 2.45) is 0 Å². The van der Waals surface area contributed by atoms with Crippen molar-refractivity contribution in [2.75, 3.05) is 13.2 Å². The molecule has 0 bridgehead atoms. The van der Waals surface area contributed by atoms with Crippen LogP contribution in [-0.4, -0.2) is 52.3 Å². The van der Waals surface area contributed by atoms with Gasteiger partial charge in [-0.3, -0.25) is 14.6 Å². The van der Waals surface area contributed by atoms with Gasteiger partial charge in [0.25, 0.3) is 5.91 Å². The number of carbonyl (C=O) groups excluding carboxylic acids is 2. The Balaban J connectivity index is 1.26. The highest BCUT2D eigenvalue weighted by molar-refractivity contribution is 6.00. The van der Waals surface area contributed by atoms with Crippen LogP contribution < -0.4 is 20.1 Å². The molecule has 1 saturated carbocycles. The molecule has 3 aromatic heterocycles. The number of halogens is 4. The van der Waals surface area contributed by atoms with Crippen LogP contribution in [0.2, 0.25) is 0 Å². The molecular weight excluding hydrogens is 660 g/mol. The van der Waals surface area contributed by atoms with Crippen molar-refractivity contribution in [1.29, 1.82) is 0 Å². The number of furan rings is 1. The number of hydrogen-bond donors (Lipinski definition) is 3. The third-order valence-corrected chi connectivity index (χ3v) is 8.84. The Morgan fingerprint density at radius 1 is 1.06 bits per heavy atom. The summed E-state index contributed by atoms with van der Waals surface area (Å²) in [7, 11) is 0. The van der Waals surface area contributed by atoms with E-state index in [0.29, 0.717) is 22.4 Å². The summed E-state index contributed by atoms with van der Waals surface area (Å²) in [6.07, 6.45) is -0.768. The lowest BCUT2D eigenvalue weighted by atomic mass is 9.81. The summed E-state index contributed by atoms with van der Waals surface area (Å²) in [6, 6.07) is 15.2. The van der Waals surface area contributed by atoms with Crippen LogP contribution in [0.3, 0.4) is 0 Å². The SMILES string of the molecule is C[C@]1(C(=O)NCc2ccco2)COc2c1cc([C@@](O)(CNC(=O)c1cc(OC3CC3)c3ncccc3c1)C(F)(F)F)nc2-c1ccc(F)cc1. The average Bonchev–Trinajstić information content (AvgIpc) is 3.63. The van der Waals surface area contributed by atoms with Crippen molar-refractivity contribution in [1.82, 2.24) is 20.6 Å². The molecule has 0 saturated heterocycles. The zero-order valence-electron chi connectivity index (χ0n) is 26.5. The predicted octanol–water partition coefficient (Wildman–Crippen LogP) is 5.72. The number of aromatic nitrogens is 2. The number of nitrogens with zero attached hydrogens (tertiary/aromatic N) is 2. The number of alkyl halides is 3. The topological polar surface area (TPSA) is 136 Å². The number of rotatable bonds is 10. The lowest BCUT2D eigenvalue weighted by Crippen LogP contribution is -2.52. The molecule has 2 aromatic carbocycles. The highest BCUT2D eigenvalue weighted by Gasteiger charge is 2.58. The molecule has 1 fully saturated rings. The van der Waals surface area contributed by atoms with Crippen LogP contribution in [0.1, 0.15) is 47.1 Å². The molecule has 2 atom stereocenters. The zero-order chi connectivity index (χ0) is 35.3. The molecule has 0 radical (unpaired) electrons. The maximum atomic E-state index is 15.0. The second-order valence-corrected chi connectivity index (χ2v) is 12.5. The Kier molecular flexibility index (Phi) is 8.21. The molecule has 1 aliphatic heterocycles. The van der Waals surface area contributed by atoms with Crippen LogP contribution in [0.5, 0.6) is 11.5 Å². The van der Waals surface area contributed by atoms with Crippen molar-refractivity contribution >= 4 is 22.7 Å². The van der Waals surface area contributed by atoms with Crippen LogP contribution in [-0.2, 0) is 22.4 Å². The normalized spacial score (nSPS) is 18.2. The Labute approximate surface area is 282 Å². The molecule has 258 valence electrons. The third-order valence-electron chi connectivity index (χ3n) is 8.84. The number of fused-ring (bicyclic) bond motifs is 2. The summed E-state index contributed by atoms with van der Waals surface area (Å²) in [5, 5.41) is 17.0. The summed E-state index contributed by atoms with van der Waals surface area (Å²) in [5.74, 6) is -1.35. The lowest BCUT2D eigenvalue weighted by molar-refractivity contribution is -0.265. The quantitative estimate of drug-likeness (QED) is 0.159. The van der Waals surface area contributed by atoms with Crippen LogP contribution in [0.25, 0.3) is 22.2 Å². The first-order chi connectivity index (χ1) is 23.9. The highest BCUT2D eigenvalue weighted by atomic mass is 19.4. The summed E-state index contributed by atoms with van der Waals surface area (Å²) in [5.41, 5.74) is -5.67. The third kappa shape index (κ3) is 6.10. The van der Waals surface area contributed by atoms with E-state index in [-0.39, 0.29) is 47.4 Å². The number of aliphatic hydroxyl groups is 1. The molecule has 10 nitrogen and oxygen atoms in total. The van der Waals surface area contributed by atoms with Gasteiger partial charge in [0.1, 0.15) is 46.3 Å². The molecular formula is C36H30F4N4O6. The molecule has 3 N–H and O–H groups in total. The monoisotopic (exact) mass is 690 g/mol. The van der Waals surface area contributed by atoms with E-state index in [1.807, 2.05) is 0 Å². The first kappa shape index (κ1) is 33.0. The van der Waals surface area contributed by atoms with E-state index in [4.69, 9.17) is 13.9 Å². The number of ether oxygens (including phenoxy) is 2. The number of nitrogens with one attached hydrogen (secondary N) is 2. The number of pyridine rings is 2. The molecule has 2 amide bonds. The van der Waals surface area contributed by atoms with Gasteiger partial charge in [-0.25, -0.2) is 9.37 Å². The van der Waals surface area contributed by atoms with Gasteiger partial charge in [0.05, 0.1) is 31.2 Å². The fourth-order valence-corrected chi connectivity index (χ4v) is 5.75. The first-order valence-corrected chi connectivity index (χ1v) is 15.7. The van der Waals surface area contributed by atoms with Gasteiger partial charge in [-0.05, 0) is 80.4 Å². The van der Waals surface area contributed by atoms with Gasteiger partial charge in [0.15, 0.2) is 0 Å². The van der Waals surface area contributed by atoms with Gasteiger partial charge >= 0.3 is 6.18 Å². The van der Waals surface area contributed by atoms with Crippen molar-refractivity contribution in [3.05, 3.63) is 108 Å². The van der Waals surface area contributed by atoms with Gasteiger partial charge in [0.2, 0.25) is 11.5 Å². The van der Waals surface area contributed by atoms with Crippen LogP contribution in [0.4, 0.5) is 17.6 Å². The molecule has 50 heavy (non-hydrogen) atoms. The number of carbonyl (C=O) groups is 2. The van der Waals surface area contributed by atoms with Crippen molar-refractivity contribution in [2.45, 2.75) is 49.6 Å². The highest BCUT2D eigenvalue weighted by Crippen LogP contribution is 2.48.